The highest BCUT2D eigenvalue weighted by Gasteiger charge is 2.17. The van der Waals surface area contributed by atoms with Gasteiger partial charge < -0.3 is 14.8 Å². The lowest BCUT2D eigenvalue weighted by Gasteiger charge is -2.15. The molecular formula is C16H21BrN2O3S. The van der Waals surface area contributed by atoms with Crippen molar-refractivity contribution in [2.75, 3.05) is 19.8 Å². The first-order valence-electron chi connectivity index (χ1n) is 7.73. The lowest BCUT2D eigenvalue weighted by molar-refractivity contribution is 0.0969. The van der Waals surface area contributed by atoms with Crippen LogP contribution in [0.15, 0.2) is 22.7 Å². The minimum atomic E-state index is -0.290. The fourth-order valence-electron chi connectivity index (χ4n) is 2.24. The van der Waals surface area contributed by atoms with E-state index in [1.165, 1.54) is 0 Å². The van der Waals surface area contributed by atoms with E-state index in [4.69, 9.17) is 21.7 Å². The fraction of sp³-hybridized carbons (Fsp3) is 0.500. The van der Waals surface area contributed by atoms with Crippen LogP contribution >= 0.6 is 28.1 Å². The number of benzene rings is 1. The van der Waals surface area contributed by atoms with Gasteiger partial charge in [0.15, 0.2) is 5.11 Å². The number of nitrogens with one attached hydrogen (secondary N) is 2. The van der Waals surface area contributed by atoms with Gasteiger partial charge in [-0.25, -0.2) is 0 Å². The molecule has 1 amide bonds. The first kappa shape index (κ1) is 18.2. The van der Waals surface area contributed by atoms with Crippen LogP contribution in [0.4, 0.5) is 0 Å². The second-order valence-electron chi connectivity index (χ2n) is 5.29. The van der Waals surface area contributed by atoms with Gasteiger partial charge in [0.05, 0.1) is 18.3 Å². The van der Waals surface area contributed by atoms with Gasteiger partial charge in [-0.1, -0.05) is 22.9 Å². The molecule has 1 aliphatic rings. The molecule has 1 aromatic carbocycles. The molecule has 1 aromatic rings. The van der Waals surface area contributed by atoms with Gasteiger partial charge in [-0.05, 0) is 49.7 Å². The van der Waals surface area contributed by atoms with Gasteiger partial charge in [0, 0.05) is 17.6 Å². The summed E-state index contributed by atoms with van der Waals surface area (Å²) in [5.74, 6) is 0.261. The molecular weight excluding hydrogens is 380 g/mol. The van der Waals surface area contributed by atoms with Crippen LogP contribution in [-0.4, -0.2) is 36.9 Å². The van der Waals surface area contributed by atoms with Crippen LogP contribution in [0.25, 0.3) is 0 Å². The van der Waals surface area contributed by atoms with Gasteiger partial charge in [0.1, 0.15) is 5.75 Å². The molecule has 1 saturated heterocycles. The molecule has 0 aromatic heterocycles. The molecule has 1 atom stereocenters. The second-order valence-corrected chi connectivity index (χ2v) is 6.61. The van der Waals surface area contributed by atoms with E-state index in [9.17, 15) is 4.79 Å². The van der Waals surface area contributed by atoms with Crippen molar-refractivity contribution in [2.45, 2.75) is 32.3 Å². The first-order chi connectivity index (χ1) is 11.1. The molecule has 1 fully saturated rings. The molecule has 0 radical (unpaired) electrons. The molecule has 0 saturated carbocycles. The summed E-state index contributed by atoms with van der Waals surface area (Å²) < 4.78 is 11.9. The minimum absolute atomic E-state index is 0.166. The molecule has 126 valence electrons. The monoisotopic (exact) mass is 400 g/mol. The molecule has 0 aliphatic carbocycles. The average molecular weight is 401 g/mol. The lowest BCUT2D eigenvalue weighted by Crippen LogP contribution is -2.42. The molecule has 23 heavy (non-hydrogen) atoms. The van der Waals surface area contributed by atoms with Crippen LogP contribution in [0.3, 0.4) is 0 Å². The predicted molar refractivity (Wildman–Crippen MR) is 97.0 cm³/mol. The zero-order valence-electron chi connectivity index (χ0n) is 13.1. The molecule has 5 nitrogen and oxygen atoms in total. The van der Waals surface area contributed by atoms with Gasteiger partial charge in [-0.3, -0.25) is 10.1 Å². The van der Waals surface area contributed by atoms with E-state index < -0.39 is 0 Å². The Kier molecular flexibility index (Phi) is 7.26. The zero-order valence-corrected chi connectivity index (χ0v) is 15.5. The first-order valence-corrected chi connectivity index (χ1v) is 8.93. The summed E-state index contributed by atoms with van der Waals surface area (Å²) in [6.07, 6.45) is 3.13. The number of hydrogen-bond acceptors (Lipinski definition) is 4. The van der Waals surface area contributed by atoms with Crippen LogP contribution < -0.4 is 15.4 Å². The SMILES string of the molecule is CCCOc1ccc(Br)cc1C(=O)NC(=S)NCC1CCCO1. The number of carbonyl (C=O) groups excluding carboxylic acids is 1. The largest absolute Gasteiger partial charge is 0.493 e. The standard InChI is InChI=1S/C16H21BrN2O3S/c1-2-7-22-14-6-5-11(17)9-13(14)15(20)19-16(23)18-10-12-4-3-8-21-12/h5-6,9,12H,2-4,7-8,10H2,1H3,(H2,18,19,20,23). The Balaban J connectivity index is 1.93. The molecule has 1 heterocycles. The third kappa shape index (κ3) is 5.75. The van der Waals surface area contributed by atoms with Crippen molar-refractivity contribution in [1.82, 2.24) is 10.6 Å². The van der Waals surface area contributed by atoms with E-state index >= 15 is 0 Å². The summed E-state index contributed by atoms with van der Waals surface area (Å²) in [6, 6.07) is 5.34. The Hall–Kier alpha value is -1.18. The van der Waals surface area contributed by atoms with Crippen molar-refractivity contribution in [3.8, 4) is 5.75 Å². The fourth-order valence-corrected chi connectivity index (χ4v) is 2.78. The highest BCUT2D eigenvalue weighted by Crippen LogP contribution is 2.23. The van der Waals surface area contributed by atoms with Crippen molar-refractivity contribution >= 4 is 39.2 Å². The average Bonchev–Trinajstić information content (AvgIpc) is 3.05. The maximum Gasteiger partial charge on any atom is 0.261 e. The van der Waals surface area contributed by atoms with Gasteiger partial charge in [-0.2, -0.15) is 0 Å². The van der Waals surface area contributed by atoms with Gasteiger partial charge in [-0.15, -0.1) is 0 Å². The molecule has 0 spiro atoms. The van der Waals surface area contributed by atoms with Crippen LogP contribution in [0.1, 0.15) is 36.5 Å². The van der Waals surface area contributed by atoms with Crippen LogP contribution in [0, 0.1) is 0 Å². The normalized spacial score (nSPS) is 16.9. The third-order valence-corrected chi connectivity index (χ3v) is 4.13. The Bertz CT molecular complexity index is 562. The number of amides is 1. The number of hydrogen-bond donors (Lipinski definition) is 2. The van der Waals surface area contributed by atoms with Crippen LogP contribution in [0.5, 0.6) is 5.75 Å². The quantitative estimate of drug-likeness (QED) is 0.718. The zero-order chi connectivity index (χ0) is 16.7. The van der Waals surface area contributed by atoms with Gasteiger partial charge in [0.25, 0.3) is 5.91 Å². The van der Waals surface area contributed by atoms with Gasteiger partial charge >= 0.3 is 0 Å². The smallest absolute Gasteiger partial charge is 0.261 e. The number of carbonyl (C=O) groups is 1. The van der Waals surface area contributed by atoms with Crippen LogP contribution in [0.2, 0.25) is 0 Å². The molecule has 2 rings (SSSR count). The van der Waals surface area contributed by atoms with E-state index in [1.54, 1.807) is 12.1 Å². The Labute approximate surface area is 150 Å². The molecule has 7 heteroatoms. The number of thiocarbonyl (C=S) groups is 1. The summed E-state index contributed by atoms with van der Waals surface area (Å²) in [5.41, 5.74) is 0.453. The van der Waals surface area contributed by atoms with Crippen molar-refractivity contribution in [1.29, 1.82) is 0 Å². The number of ether oxygens (including phenoxy) is 2. The number of rotatable bonds is 6. The van der Waals surface area contributed by atoms with E-state index in [0.29, 0.717) is 29.6 Å². The van der Waals surface area contributed by atoms with Crippen molar-refractivity contribution in [2.24, 2.45) is 0 Å². The van der Waals surface area contributed by atoms with Crippen molar-refractivity contribution in [3.05, 3.63) is 28.2 Å². The summed E-state index contributed by atoms with van der Waals surface area (Å²) >= 11 is 8.55. The number of halogens is 1. The topological polar surface area (TPSA) is 59.6 Å². The Morgan fingerprint density at radius 3 is 3.04 bits per heavy atom. The van der Waals surface area contributed by atoms with Crippen LogP contribution in [-0.2, 0) is 4.74 Å². The molecule has 1 aliphatic heterocycles. The lowest BCUT2D eigenvalue weighted by atomic mass is 10.2. The summed E-state index contributed by atoms with van der Waals surface area (Å²) in [7, 11) is 0. The Morgan fingerprint density at radius 2 is 2.35 bits per heavy atom. The van der Waals surface area contributed by atoms with E-state index in [0.717, 1.165) is 30.3 Å². The second kappa shape index (κ2) is 9.20. The van der Waals surface area contributed by atoms with Gasteiger partial charge in [0.2, 0.25) is 0 Å². The molecule has 1 unspecified atom stereocenters. The van der Waals surface area contributed by atoms with E-state index in [-0.39, 0.29) is 12.0 Å². The maximum atomic E-state index is 12.4. The highest BCUT2D eigenvalue weighted by atomic mass is 79.9. The maximum absolute atomic E-state index is 12.4. The minimum Gasteiger partial charge on any atom is -0.493 e. The Morgan fingerprint density at radius 1 is 1.52 bits per heavy atom. The van der Waals surface area contributed by atoms with Crippen molar-refractivity contribution in [3.63, 3.8) is 0 Å². The molecule has 0 bridgehead atoms. The van der Waals surface area contributed by atoms with E-state index in [2.05, 4.69) is 26.6 Å². The van der Waals surface area contributed by atoms with Crippen molar-refractivity contribution < 1.29 is 14.3 Å². The highest BCUT2D eigenvalue weighted by molar-refractivity contribution is 9.10. The van der Waals surface area contributed by atoms with E-state index in [1.807, 2.05) is 13.0 Å². The summed E-state index contributed by atoms with van der Waals surface area (Å²) in [4.78, 5) is 12.4. The predicted octanol–water partition coefficient (Wildman–Crippen LogP) is 3.02. The summed E-state index contributed by atoms with van der Waals surface area (Å²) in [5, 5.41) is 6.01. The third-order valence-electron chi connectivity index (χ3n) is 3.39. The summed E-state index contributed by atoms with van der Waals surface area (Å²) in [6.45, 7) is 3.98. The molecule has 2 N–H and O–H groups in total.